The van der Waals surface area contributed by atoms with Crippen molar-refractivity contribution in [3.63, 3.8) is 0 Å². The second-order valence-corrected chi connectivity index (χ2v) is 6.35. The van der Waals surface area contributed by atoms with Crippen LogP contribution in [0, 0.1) is 0 Å². The SMILES string of the molecule is CCCC[C@H](N)C(=O)N1CCC(N2CCCCC2=O)CC1. The fourth-order valence-corrected chi connectivity index (χ4v) is 3.39. The Kier molecular flexibility index (Phi) is 6.03. The summed E-state index contributed by atoms with van der Waals surface area (Å²) in [5.41, 5.74) is 5.98. The number of carbonyl (C=O) groups is 2. The molecule has 5 heteroatoms. The molecule has 2 saturated heterocycles. The van der Waals surface area contributed by atoms with Crippen LogP contribution in [0.15, 0.2) is 0 Å². The van der Waals surface area contributed by atoms with Gasteiger partial charge in [-0.3, -0.25) is 9.59 Å². The summed E-state index contributed by atoms with van der Waals surface area (Å²) in [5.74, 6) is 0.387. The molecule has 2 fully saturated rings. The Bertz CT molecular complexity index is 365. The van der Waals surface area contributed by atoms with E-state index in [0.29, 0.717) is 18.4 Å². The molecule has 5 nitrogen and oxygen atoms in total. The summed E-state index contributed by atoms with van der Waals surface area (Å²) in [6, 6.07) is -0.0214. The number of piperidine rings is 2. The molecule has 0 unspecified atom stereocenters. The van der Waals surface area contributed by atoms with E-state index in [1.165, 1.54) is 0 Å². The van der Waals surface area contributed by atoms with Gasteiger partial charge in [0.2, 0.25) is 11.8 Å². The van der Waals surface area contributed by atoms with Crippen LogP contribution in [0.2, 0.25) is 0 Å². The maximum atomic E-state index is 12.3. The predicted octanol–water partition coefficient (Wildman–Crippen LogP) is 1.51. The average Bonchev–Trinajstić information content (AvgIpc) is 2.52. The number of nitrogens with two attached hydrogens (primary N) is 1. The van der Waals surface area contributed by atoms with Crippen molar-refractivity contribution >= 4 is 11.8 Å². The van der Waals surface area contributed by atoms with Gasteiger partial charge in [-0.15, -0.1) is 0 Å². The van der Waals surface area contributed by atoms with Gasteiger partial charge >= 0.3 is 0 Å². The van der Waals surface area contributed by atoms with Gasteiger partial charge in [0, 0.05) is 32.1 Å². The van der Waals surface area contributed by atoms with Crippen LogP contribution in [-0.4, -0.2) is 53.3 Å². The summed E-state index contributed by atoms with van der Waals surface area (Å²) in [6.07, 6.45) is 7.49. The van der Waals surface area contributed by atoms with Crippen molar-refractivity contribution in [3.8, 4) is 0 Å². The Labute approximate surface area is 127 Å². The van der Waals surface area contributed by atoms with Crippen molar-refractivity contribution in [2.75, 3.05) is 19.6 Å². The zero-order valence-electron chi connectivity index (χ0n) is 13.2. The first-order valence-corrected chi connectivity index (χ1v) is 8.47. The second-order valence-electron chi connectivity index (χ2n) is 6.35. The maximum Gasteiger partial charge on any atom is 0.239 e. The number of rotatable bonds is 5. The molecule has 0 saturated carbocycles. The van der Waals surface area contributed by atoms with Crippen LogP contribution in [0.25, 0.3) is 0 Å². The molecule has 0 aromatic heterocycles. The number of unbranched alkanes of at least 4 members (excludes halogenated alkanes) is 1. The molecule has 2 aliphatic rings. The van der Waals surface area contributed by atoms with Crippen LogP contribution in [0.4, 0.5) is 0 Å². The summed E-state index contributed by atoms with van der Waals surface area (Å²) in [6.45, 7) is 4.49. The minimum atomic E-state index is -0.349. The van der Waals surface area contributed by atoms with E-state index >= 15 is 0 Å². The van der Waals surface area contributed by atoms with E-state index in [-0.39, 0.29) is 11.9 Å². The molecule has 2 aliphatic heterocycles. The first-order valence-electron chi connectivity index (χ1n) is 8.47. The fraction of sp³-hybridized carbons (Fsp3) is 0.875. The van der Waals surface area contributed by atoms with Gasteiger partial charge in [0.05, 0.1) is 6.04 Å². The Morgan fingerprint density at radius 1 is 1.29 bits per heavy atom. The molecule has 2 N–H and O–H groups in total. The van der Waals surface area contributed by atoms with Crippen molar-refractivity contribution in [1.82, 2.24) is 9.80 Å². The average molecular weight is 295 g/mol. The van der Waals surface area contributed by atoms with E-state index in [1.54, 1.807) is 0 Å². The van der Waals surface area contributed by atoms with Gasteiger partial charge in [-0.1, -0.05) is 19.8 Å². The second kappa shape index (κ2) is 7.78. The third kappa shape index (κ3) is 4.19. The zero-order chi connectivity index (χ0) is 15.2. The highest BCUT2D eigenvalue weighted by Crippen LogP contribution is 2.22. The molecule has 0 spiro atoms. The van der Waals surface area contributed by atoms with Crippen molar-refractivity contribution in [2.24, 2.45) is 5.73 Å². The largest absolute Gasteiger partial charge is 0.341 e. The molecular weight excluding hydrogens is 266 g/mol. The normalized spacial score (nSPS) is 22.5. The lowest BCUT2D eigenvalue weighted by molar-refractivity contribution is -0.139. The molecule has 0 aromatic carbocycles. The maximum absolute atomic E-state index is 12.3. The van der Waals surface area contributed by atoms with Crippen molar-refractivity contribution in [2.45, 2.75) is 70.4 Å². The number of nitrogens with zero attached hydrogens (tertiary/aromatic N) is 2. The Balaban J connectivity index is 1.79. The van der Waals surface area contributed by atoms with Gasteiger partial charge < -0.3 is 15.5 Å². The number of hydrogen-bond donors (Lipinski definition) is 1. The van der Waals surface area contributed by atoms with E-state index in [1.807, 2.05) is 9.80 Å². The van der Waals surface area contributed by atoms with Gasteiger partial charge in [0.15, 0.2) is 0 Å². The molecule has 0 aliphatic carbocycles. The summed E-state index contributed by atoms with van der Waals surface area (Å²) in [5, 5.41) is 0. The highest BCUT2D eigenvalue weighted by molar-refractivity contribution is 5.81. The summed E-state index contributed by atoms with van der Waals surface area (Å²) in [7, 11) is 0. The molecule has 1 atom stereocenters. The first-order chi connectivity index (χ1) is 10.1. The first kappa shape index (κ1) is 16.3. The standard InChI is InChI=1S/C16H29N3O2/c1-2-3-6-14(17)16(21)18-11-8-13(9-12-18)19-10-5-4-7-15(19)20/h13-14H,2-12,17H2,1H3/t14-/m0/s1. The molecule has 21 heavy (non-hydrogen) atoms. The van der Waals surface area contributed by atoms with E-state index in [0.717, 1.165) is 64.6 Å². The zero-order valence-corrected chi connectivity index (χ0v) is 13.2. The quantitative estimate of drug-likeness (QED) is 0.836. The number of hydrogen-bond acceptors (Lipinski definition) is 3. The van der Waals surface area contributed by atoms with Crippen molar-refractivity contribution < 1.29 is 9.59 Å². The van der Waals surface area contributed by atoms with Gasteiger partial charge in [-0.2, -0.15) is 0 Å². The van der Waals surface area contributed by atoms with Gasteiger partial charge in [-0.05, 0) is 32.1 Å². The topological polar surface area (TPSA) is 66.6 Å². The molecule has 0 bridgehead atoms. The molecule has 2 amide bonds. The van der Waals surface area contributed by atoms with Crippen LogP contribution in [0.1, 0.15) is 58.3 Å². The molecule has 120 valence electrons. The summed E-state index contributed by atoms with van der Waals surface area (Å²) < 4.78 is 0. The van der Waals surface area contributed by atoms with Crippen LogP contribution < -0.4 is 5.73 Å². The fourth-order valence-electron chi connectivity index (χ4n) is 3.39. The van der Waals surface area contributed by atoms with Crippen molar-refractivity contribution in [3.05, 3.63) is 0 Å². The number of amides is 2. The monoisotopic (exact) mass is 295 g/mol. The summed E-state index contributed by atoms with van der Waals surface area (Å²) >= 11 is 0. The van der Waals surface area contributed by atoms with E-state index in [2.05, 4.69) is 6.92 Å². The third-order valence-corrected chi connectivity index (χ3v) is 4.76. The smallest absolute Gasteiger partial charge is 0.239 e. The van der Waals surface area contributed by atoms with Gasteiger partial charge in [0.25, 0.3) is 0 Å². The predicted molar refractivity (Wildman–Crippen MR) is 82.7 cm³/mol. The lowest BCUT2D eigenvalue weighted by atomic mass is 9.98. The minimum Gasteiger partial charge on any atom is -0.341 e. The lowest BCUT2D eigenvalue weighted by Crippen LogP contribution is -2.52. The summed E-state index contributed by atoms with van der Waals surface area (Å²) in [4.78, 5) is 28.2. The molecular formula is C16H29N3O2. The molecule has 0 radical (unpaired) electrons. The highest BCUT2D eigenvalue weighted by Gasteiger charge is 2.31. The Morgan fingerprint density at radius 3 is 2.62 bits per heavy atom. The van der Waals surface area contributed by atoms with E-state index in [4.69, 9.17) is 5.73 Å². The molecule has 0 aromatic rings. The Hall–Kier alpha value is -1.10. The number of carbonyl (C=O) groups excluding carboxylic acids is 2. The minimum absolute atomic E-state index is 0.0897. The van der Waals surface area contributed by atoms with E-state index < -0.39 is 0 Å². The van der Waals surface area contributed by atoms with Crippen LogP contribution in [0.3, 0.4) is 0 Å². The molecule has 2 rings (SSSR count). The van der Waals surface area contributed by atoms with Crippen LogP contribution in [0.5, 0.6) is 0 Å². The van der Waals surface area contributed by atoms with Crippen molar-refractivity contribution in [1.29, 1.82) is 0 Å². The number of likely N-dealkylation sites (tertiary alicyclic amines) is 2. The highest BCUT2D eigenvalue weighted by atomic mass is 16.2. The Morgan fingerprint density at radius 2 is 2.00 bits per heavy atom. The van der Waals surface area contributed by atoms with Gasteiger partial charge in [0.1, 0.15) is 0 Å². The van der Waals surface area contributed by atoms with Gasteiger partial charge in [-0.25, -0.2) is 0 Å². The van der Waals surface area contributed by atoms with E-state index in [9.17, 15) is 9.59 Å². The molecule has 2 heterocycles. The lowest BCUT2D eigenvalue weighted by Gasteiger charge is -2.40. The van der Waals surface area contributed by atoms with Crippen LogP contribution >= 0.6 is 0 Å². The third-order valence-electron chi connectivity index (χ3n) is 4.76. The van der Waals surface area contributed by atoms with Crippen LogP contribution in [-0.2, 0) is 9.59 Å².